The lowest BCUT2D eigenvalue weighted by atomic mass is 10.00. The summed E-state index contributed by atoms with van der Waals surface area (Å²) in [5.41, 5.74) is -0.119. The molecule has 1 N–H and O–H groups in total. The van der Waals surface area contributed by atoms with Gasteiger partial charge in [-0.15, -0.1) is 0 Å². The van der Waals surface area contributed by atoms with Gasteiger partial charge in [0.15, 0.2) is 6.29 Å². The summed E-state index contributed by atoms with van der Waals surface area (Å²) in [6.07, 6.45) is 1.46. The molecule has 0 amide bonds. The van der Waals surface area contributed by atoms with E-state index in [1.54, 1.807) is 0 Å². The van der Waals surface area contributed by atoms with Gasteiger partial charge in [-0.25, -0.2) is 0 Å². The molecular weight excluding hydrogens is 168 g/mol. The zero-order valence-corrected chi connectivity index (χ0v) is 8.75. The van der Waals surface area contributed by atoms with Gasteiger partial charge in [0.2, 0.25) is 0 Å². The molecule has 1 aliphatic carbocycles. The topological polar surface area (TPSA) is 38.7 Å². The van der Waals surface area contributed by atoms with Gasteiger partial charge < -0.3 is 14.6 Å². The third kappa shape index (κ3) is 2.22. The van der Waals surface area contributed by atoms with Crippen LogP contribution in [0.4, 0.5) is 0 Å². The van der Waals surface area contributed by atoms with E-state index in [0.29, 0.717) is 13.2 Å². The maximum Gasteiger partial charge on any atom is 0.165 e. The summed E-state index contributed by atoms with van der Waals surface area (Å²) in [5, 5.41) is 9.61. The maximum absolute atomic E-state index is 9.61. The van der Waals surface area contributed by atoms with Gasteiger partial charge in [0.1, 0.15) is 0 Å². The largest absolute Gasteiger partial charge is 0.393 e. The first-order valence-electron chi connectivity index (χ1n) is 5.08. The van der Waals surface area contributed by atoms with E-state index in [2.05, 4.69) is 0 Å². The standard InChI is InChI=1S/C10H20O3/c1-4-12-9(13-5-2)10(6-7-10)8(3)11/h8-9,11H,4-7H2,1-3H3. The second kappa shape index (κ2) is 4.40. The molecule has 0 radical (unpaired) electrons. The van der Waals surface area contributed by atoms with Crippen LogP contribution in [0.2, 0.25) is 0 Å². The zero-order chi connectivity index (χ0) is 9.90. The minimum Gasteiger partial charge on any atom is -0.393 e. The third-order valence-electron chi connectivity index (χ3n) is 2.76. The molecule has 3 heteroatoms. The van der Waals surface area contributed by atoms with Crippen LogP contribution < -0.4 is 0 Å². The Morgan fingerprint density at radius 1 is 1.23 bits per heavy atom. The first-order chi connectivity index (χ1) is 6.17. The quantitative estimate of drug-likeness (QED) is 0.643. The van der Waals surface area contributed by atoms with Gasteiger partial charge in [-0.3, -0.25) is 0 Å². The minimum absolute atomic E-state index is 0.119. The molecule has 1 saturated carbocycles. The Balaban J connectivity index is 2.52. The van der Waals surface area contributed by atoms with Crippen molar-refractivity contribution in [1.29, 1.82) is 0 Å². The van der Waals surface area contributed by atoms with E-state index in [-0.39, 0.29) is 17.8 Å². The van der Waals surface area contributed by atoms with Gasteiger partial charge in [0.25, 0.3) is 0 Å². The highest BCUT2D eigenvalue weighted by Gasteiger charge is 2.54. The molecule has 0 bridgehead atoms. The van der Waals surface area contributed by atoms with Crippen LogP contribution in [-0.2, 0) is 9.47 Å². The summed E-state index contributed by atoms with van der Waals surface area (Å²) in [7, 11) is 0. The Bertz CT molecular complexity index is 146. The molecule has 13 heavy (non-hydrogen) atoms. The fourth-order valence-corrected chi connectivity index (χ4v) is 1.68. The van der Waals surface area contributed by atoms with Crippen LogP contribution in [-0.4, -0.2) is 30.7 Å². The van der Waals surface area contributed by atoms with Crippen molar-refractivity contribution in [2.75, 3.05) is 13.2 Å². The van der Waals surface area contributed by atoms with E-state index in [0.717, 1.165) is 12.8 Å². The summed E-state index contributed by atoms with van der Waals surface area (Å²) in [6.45, 7) is 6.99. The number of ether oxygens (including phenoxy) is 2. The predicted octanol–water partition coefficient (Wildman–Crippen LogP) is 1.55. The van der Waals surface area contributed by atoms with Crippen molar-refractivity contribution in [3.05, 3.63) is 0 Å². The molecule has 1 rings (SSSR count). The average molecular weight is 188 g/mol. The molecule has 1 fully saturated rings. The van der Waals surface area contributed by atoms with Gasteiger partial charge in [-0.05, 0) is 33.6 Å². The van der Waals surface area contributed by atoms with Gasteiger partial charge >= 0.3 is 0 Å². The normalized spacial score (nSPS) is 21.9. The molecule has 3 nitrogen and oxygen atoms in total. The van der Waals surface area contributed by atoms with E-state index in [9.17, 15) is 5.11 Å². The smallest absolute Gasteiger partial charge is 0.165 e. The molecule has 0 spiro atoms. The number of hydrogen-bond donors (Lipinski definition) is 1. The van der Waals surface area contributed by atoms with E-state index >= 15 is 0 Å². The Morgan fingerprint density at radius 2 is 1.69 bits per heavy atom. The molecule has 0 aromatic carbocycles. The highest BCUT2D eigenvalue weighted by atomic mass is 16.7. The lowest BCUT2D eigenvalue weighted by Crippen LogP contribution is -2.36. The van der Waals surface area contributed by atoms with Crippen LogP contribution in [0, 0.1) is 5.41 Å². The van der Waals surface area contributed by atoms with Gasteiger partial charge in [-0.2, -0.15) is 0 Å². The van der Waals surface area contributed by atoms with Crippen molar-refractivity contribution in [3.8, 4) is 0 Å². The van der Waals surface area contributed by atoms with Crippen LogP contribution in [0.5, 0.6) is 0 Å². The summed E-state index contributed by atoms with van der Waals surface area (Å²) in [4.78, 5) is 0. The lowest BCUT2D eigenvalue weighted by Gasteiger charge is -2.28. The maximum atomic E-state index is 9.61. The average Bonchev–Trinajstić information content (AvgIpc) is 2.84. The summed E-state index contributed by atoms with van der Waals surface area (Å²) >= 11 is 0. The molecule has 0 aromatic heterocycles. The molecule has 1 atom stereocenters. The van der Waals surface area contributed by atoms with Gasteiger partial charge in [-0.1, -0.05) is 0 Å². The SMILES string of the molecule is CCOC(OCC)C1(C(C)O)CC1. The molecule has 0 saturated heterocycles. The minimum atomic E-state index is -0.337. The molecule has 1 aliphatic rings. The van der Waals surface area contributed by atoms with Crippen molar-refractivity contribution >= 4 is 0 Å². The Kier molecular flexibility index (Phi) is 3.71. The molecule has 0 aromatic rings. The van der Waals surface area contributed by atoms with E-state index in [1.165, 1.54) is 0 Å². The van der Waals surface area contributed by atoms with Gasteiger partial charge in [0, 0.05) is 18.6 Å². The van der Waals surface area contributed by atoms with Crippen LogP contribution in [0.1, 0.15) is 33.6 Å². The lowest BCUT2D eigenvalue weighted by molar-refractivity contribution is -0.195. The van der Waals surface area contributed by atoms with Gasteiger partial charge in [0.05, 0.1) is 6.10 Å². The summed E-state index contributed by atoms with van der Waals surface area (Å²) < 4.78 is 11.0. The molecule has 0 heterocycles. The number of aliphatic hydroxyl groups excluding tert-OH is 1. The van der Waals surface area contributed by atoms with Crippen molar-refractivity contribution < 1.29 is 14.6 Å². The highest BCUT2D eigenvalue weighted by Crippen LogP contribution is 2.53. The Labute approximate surface area is 80.0 Å². The first kappa shape index (κ1) is 11.0. The van der Waals surface area contributed by atoms with Crippen LogP contribution in [0.3, 0.4) is 0 Å². The van der Waals surface area contributed by atoms with Crippen LogP contribution in [0.15, 0.2) is 0 Å². The number of aliphatic hydroxyl groups is 1. The van der Waals surface area contributed by atoms with E-state index in [4.69, 9.17) is 9.47 Å². The number of rotatable bonds is 6. The van der Waals surface area contributed by atoms with Crippen molar-refractivity contribution in [1.82, 2.24) is 0 Å². The summed E-state index contributed by atoms with van der Waals surface area (Å²) in [5.74, 6) is 0. The highest BCUT2D eigenvalue weighted by molar-refractivity contribution is 5.00. The Morgan fingerprint density at radius 3 is 1.92 bits per heavy atom. The fourth-order valence-electron chi connectivity index (χ4n) is 1.68. The fraction of sp³-hybridized carbons (Fsp3) is 1.00. The zero-order valence-electron chi connectivity index (χ0n) is 8.75. The van der Waals surface area contributed by atoms with Crippen molar-refractivity contribution in [2.24, 2.45) is 5.41 Å². The molecule has 1 unspecified atom stereocenters. The second-order valence-corrected chi connectivity index (χ2v) is 3.65. The first-order valence-corrected chi connectivity index (χ1v) is 5.08. The molecule has 78 valence electrons. The second-order valence-electron chi connectivity index (χ2n) is 3.65. The molecular formula is C10H20O3. The van der Waals surface area contributed by atoms with E-state index in [1.807, 2.05) is 20.8 Å². The monoisotopic (exact) mass is 188 g/mol. The third-order valence-corrected chi connectivity index (χ3v) is 2.76. The van der Waals surface area contributed by atoms with Crippen molar-refractivity contribution in [2.45, 2.75) is 46.0 Å². The Hall–Kier alpha value is -0.120. The summed E-state index contributed by atoms with van der Waals surface area (Å²) in [6, 6.07) is 0. The van der Waals surface area contributed by atoms with Crippen molar-refractivity contribution in [3.63, 3.8) is 0 Å². The van der Waals surface area contributed by atoms with E-state index < -0.39 is 0 Å². The van der Waals surface area contributed by atoms with Crippen LogP contribution >= 0.6 is 0 Å². The van der Waals surface area contributed by atoms with Crippen LogP contribution in [0.25, 0.3) is 0 Å². The molecule has 0 aliphatic heterocycles. The predicted molar refractivity (Wildman–Crippen MR) is 50.4 cm³/mol. The number of hydrogen-bond acceptors (Lipinski definition) is 3.